The van der Waals surface area contributed by atoms with Crippen molar-refractivity contribution in [3.63, 3.8) is 0 Å². The maximum absolute atomic E-state index is 12.3. The minimum absolute atomic E-state index is 0.0127. The zero-order valence-corrected chi connectivity index (χ0v) is 40.1. The van der Waals surface area contributed by atoms with Crippen molar-refractivity contribution in [1.82, 2.24) is 9.80 Å². The van der Waals surface area contributed by atoms with E-state index in [1.807, 2.05) is 19.0 Å². The molecule has 1 aliphatic rings. The second-order valence-electron chi connectivity index (χ2n) is 17.4. The maximum atomic E-state index is 12.3. The topological polar surface area (TPSA) is 123 Å². The lowest BCUT2D eigenvalue weighted by Crippen LogP contribution is -2.23. The van der Waals surface area contributed by atoms with E-state index in [4.69, 9.17) is 9.47 Å². The van der Waals surface area contributed by atoms with E-state index in [0.717, 1.165) is 96.7 Å². The highest BCUT2D eigenvalue weighted by Gasteiger charge is 2.19. The van der Waals surface area contributed by atoms with Crippen LogP contribution in [0, 0.1) is 0 Å². The quantitative estimate of drug-likeness (QED) is 0.0275. The predicted octanol–water partition coefficient (Wildman–Crippen LogP) is 12.0. The van der Waals surface area contributed by atoms with Gasteiger partial charge in [-0.1, -0.05) is 156 Å². The second-order valence-corrected chi connectivity index (χ2v) is 17.4. The van der Waals surface area contributed by atoms with E-state index >= 15 is 0 Å². The fraction of sp³-hybridized carbons (Fsp3) is 0.920. The van der Waals surface area contributed by atoms with Crippen molar-refractivity contribution in [2.45, 2.75) is 245 Å². The van der Waals surface area contributed by atoms with E-state index < -0.39 is 0 Å². The van der Waals surface area contributed by atoms with Crippen LogP contribution in [0.15, 0.2) is 0 Å². The number of carbonyl (C=O) groups excluding carboxylic acids is 4. The van der Waals surface area contributed by atoms with Crippen LogP contribution in [-0.4, -0.2) is 105 Å². The summed E-state index contributed by atoms with van der Waals surface area (Å²) in [7, 11) is 3.90. The SMILES string of the molecule is CCCCCCCCC(CCCCCCCC)OC(=O)CCCCCCCOC=O.CCCCCCCCCCCOC(=O)CCCN1CCC(O)C1.CN(C)CCC=O. The summed E-state index contributed by atoms with van der Waals surface area (Å²) >= 11 is 0. The minimum atomic E-state index is -0.173. The number of hydrogen-bond donors (Lipinski definition) is 1. The predicted molar refractivity (Wildman–Crippen MR) is 249 cm³/mol. The first-order chi connectivity index (χ1) is 29.2. The highest BCUT2D eigenvalue weighted by Crippen LogP contribution is 2.18. The summed E-state index contributed by atoms with van der Waals surface area (Å²) in [5, 5.41) is 9.43. The third-order valence-electron chi connectivity index (χ3n) is 11.1. The Balaban J connectivity index is 0. The Morgan fingerprint density at radius 1 is 0.633 bits per heavy atom. The van der Waals surface area contributed by atoms with E-state index in [1.54, 1.807) is 0 Å². The van der Waals surface area contributed by atoms with Gasteiger partial charge in [0.15, 0.2) is 0 Å². The molecule has 0 amide bonds. The van der Waals surface area contributed by atoms with Gasteiger partial charge in [0.2, 0.25) is 0 Å². The Hall–Kier alpha value is -2.04. The van der Waals surface area contributed by atoms with Crippen molar-refractivity contribution < 1.29 is 38.5 Å². The molecule has 0 bridgehead atoms. The molecule has 0 aromatic carbocycles. The van der Waals surface area contributed by atoms with Crippen LogP contribution >= 0.6 is 0 Å². The summed E-state index contributed by atoms with van der Waals surface area (Å²) in [5.74, 6) is -0.0782. The molecule has 1 unspecified atom stereocenters. The monoisotopic (exact) mass is 855 g/mol. The fourth-order valence-electron chi connectivity index (χ4n) is 7.29. The van der Waals surface area contributed by atoms with Crippen molar-refractivity contribution in [2.24, 2.45) is 0 Å². The third-order valence-corrected chi connectivity index (χ3v) is 11.1. The van der Waals surface area contributed by atoms with Gasteiger partial charge in [-0.25, -0.2) is 0 Å². The molecule has 0 radical (unpaired) electrons. The summed E-state index contributed by atoms with van der Waals surface area (Å²) < 4.78 is 15.8. The van der Waals surface area contributed by atoms with Crippen LogP contribution < -0.4 is 0 Å². The molecule has 1 N–H and O–H groups in total. The molecule has 10 nitrogen and oxygen atoms in total. The van der Waals surface area contributed by atoms with Gasteiger partial charge in [0.05, 0.1) is 19.3 Å². The molecule has 1 aliphatic heterocycles. The molecule has 0 aliphatic carbocycles. The second kappa shape index (κ2) is 49.6. The molecule has 1 atom stereocenters. The number of unbranched alkanes of at least 4 members (excludes halogenated alkanes) is 22. The molecule has 0 spiro atoms. The molecule has 0 saturated carbocycles. The number of carbonyl (C=O) groups is 4. The van der Waals surface area contributed by atoms with Gasteiger partial charge in [-0.15, -0.1) is 0 Å². The first-order valence-electron chi connectivity index (χ1n) is 25.1. The van der Waals surface area contributed by atoms with E-state index in [2.05, 4.69) is 30.4 Å². The zero-order chi connectivity index (χ0) is 44.6. The lowest BCUT2D eigenvalue weighted by atomic mass is 10.0. The van der Waals surface area contributed by atoms with Crippen LogP contribution in [0.3, 0.4) is 0 Å². The largest absolute Gasteiger partial charge is 0.468 e. The van der Waals surface area contributed by atoms with E-state index in [0.29, 0.717) is 38.9 Å². The number of β-amino-alcohol motifs (C(OH)–C–C–N with tert-alkyl or cyclic N) is 1. The molecule has 0 aromatic rings. The number of aliphatic hydroxyl groups is 1. The fourth-order valence-corrected chi connectivity index (χ4v) is 7.29. The van der Waals surface area contributed by atoms with Gasteiger partial charge >= 0.3 is 11.9 Å². The molecule has 1 rings (SSSR count). The number of nitrogens with zero attached hydrogens (tertiary/aromatic N) is 2. The van der Waals surface area contributed by atoms with Crippen LogP contribution in [-0.2, 0) is 33.4 Å². The van der Waals surface area contributed by atoms with Crippen molar-refractivity contribution in [3.8, 4) is 0 Å². The Kier molecular flexibility index (Phi) is 49.7. The van der Waals surface area contributed by atoms with E-state index in [9.17, 15) is 24.3 Å². The number of ether oxygens (including phenoxy) is 3. The first kappa shape index (κ1) is 60.0. The van der Waals surface area contributed by atoms with Gasteiger partial charge in [-0.05, 0) is 78.4 Å². The van der Waals surface area contributed by atoms with Crippen LogP contribution in [0.25, 0.3) is 0 Å². The number of esters is 2. The molecule has 10 heteroatoms. The lowest BCUT2D eigenvalue weighted by Gasteiger charge is -2.18. The van der Waals surface area contributed by atoms with Crippen molar-refractivity contribution in [2.75, 3.05) is 53.5 Å². The molecule has 0 aromatic heterocycles. The molecule has 1 heterocycles. The normalized spacial score (nSPS) is 13.7. The number of hydrogen-bond acceptors (Lipinski definition) is 10. The van der Waals surface area contributed by atoms with Gasteiger partial charge < -0.3 is 33.9 Å². The average molecular weight is 855 g/mol. The van der Waals surface area contributed by atoms with Gasteiger partial charge in [0.1, 0.15) is 12.4 Å². The van der Waals surface area contributed by atoms with Gasteiger partial charge in [0, 0.05) is 38.9 Å². The summed E-state index contributed by atoms with van der Waals surface area (Å²) in [4.78, 5) is 47.9. The molecule has 60 heavy (non-hydrogen) atoms. The maximum Gasteiger partial charge on any atom is 0.306 e. The molecular weight excluding hydrogens is 757 g/mol. The Labute approximate surface area is 370 Å². The van der Waals surface area contributed by atoms with Crippen LogP contribution in [0.2, 0.25) is 0 Å². The van der Waals surface area contributed by atoms with Gasteiger partial charge in [0.25, 0.3) is 6.47 Å². The number of aldehydes is 1. The molecule has 356 valence electrons. The van der Waals surface area contributed by atoms with Crippen molar-refractivity contribution >= 4 is 24.7 Å². The van der Waals surface area contributed by atoms with Crippen LogP contribution in [0.4, 0.5) is 0 Å². The average Bonchev–Trinajstić information content (AvgIpc) is 3.65. The molecule has 1 fully saturated rings. The summed E-state index contributed by atoms with van der Waals surface area (Å²) in [6.45, 7) is 11.8. The zero-order valence-electron chi connectivity index (χ0n) is 40.1. The number of likely N-dealkylation sites (tertiary alicyclic amines) is 1. The summed E-state index contributed by atoms with van der Waals surface area (Å²) in [5.41, 5.74) is 0. The summed E-state index contributed by atoms with van der Waals surface area (Å²) in [6.07, 6.45) is 38.2. The van der Waals surface area contributed by atoms with Gasteiger partial charge in [-0.2, -0.15) is 0 Å². The Bertz CT molecular complexity index is 905. The van der Waals surface area contributed by atoms with Crippen LogP contribution in [0.1, 0.15) is 233 Å². The number of rotatable bonds is 41. The highest BCUT2D eigenvalue weighted by atomic mass is 16.5. The van der Waals surface area contributed by atoms with Crippen molar-refractivity contribution in [1.29, 1.82) is 0 Å². The lowest BCUT2D eigenvalue weighted by molar-refractivity contribution is -0.150. The van der Waals surface area contributed by atoms with E-state index in [-0.39, 0.29) is 24.1 Å². The highest BCUT2D eigenvalue weighted by molar-refractivity contribution is 5.69. The Morgan fingerprint density at radius 2 is 1.10 bits per heavy atom. The number of aliphatic hydroxyl groups excluding tert-OH is 1. The molecule has 1 saturated heterocycles. The standard InChI is InChI=1S/C26H50O4.C19H37NO3.C5H11NO/c1-3-5-7-9-12-16-20-25(21-17-13-10-8-6-4-2)30-26(28)22-18-14-11-15-19-23-29-24-27;1-2-3-4-5-6-7-8-9-10-16-23-19(22)12-11-14-20-15-13-18(21)17-20;1-6(2)4-3-5-7/h24-25H,3-23H2,1-2H3;18,21H,2-17H2,1H3;5H,3-4H2,1-2H3. The Morgan fingerprint density at radius 3 is 1.55 bits per heavy atom. The minimum Gasteiger partial charge on any atom is -0.468 e. The van der Waals surface area contributed by atoms with E-state index in [1.165, 1.54) is 128 Å². The van der Waals surface area contributed by atoms with Crippen molar-refractivity contribution in [3.05, 3.63) is 0 Å². The smallest absolute Gasteiger partial charge is 0.306 e. The molecular formula is C50H98N2O8. The van der Waals surface area contributed by atoms with Gasteiger partial charge in [-0.3, -0.25) is 14.4 Å². The first-order valence-corrected chi connectivity index (χ1v) is 25.1. The summed E-state index contributed by atoms with van der Waals surface area (Å²) in [6, 6.07) is 0. The van der Waals surface area contributed by atoms with Crippen LogP contribution in [0.5, 0.6) is 0 Å². The third kappa shape index (κ3) is 48.6.